The van der Waals surface area contributed by atoms with Crippen molar-refractivity contribution < 1.29 is 27.5 Å². The summed E-state index contributed by atoms with van der Waals surface area (Å²) in [5.41, 5.74) is 1.03. The second-order valence-corrected chi connectivity index (χ2v) is 4.37. The quantitative estimate of drug-likeness (QED) is 0.828. The number of ether oxygens (including phenoxy) is 1. The van der Waals surface area contributed by atoms with Crippen molar-refractivity contribution >= 4 is 23.7 Å². The van der Waals surface area contributed by atoms with Crippen molar-refractivity contribution in [2.24, 2.45) is 0 Å². The molecule has 0 atom stereocenters. The zero-order valence-corrected chi connectivity index (χ0v) is 11.6. The van der Waals surface area contributed by atoms with Gasteiger partial charge in [0.25, 0.3) is 5.91 Å². The molecule has 0 fully saturated rings. The first-order valence-electron chi connectivity index (χ1n) is 6.35. The van der Waals surface area contributed by atoms with E-state index < -0.39 is 12.3 Å². The Hall–Kier alpha value is -3.03. The summed E-state index contributed by atoms with van der Waals surface area (Å²) < 4.78 is 39.9. The number of rotatable bonds is 5. The van der Waals surface area contributed by atoms with Gasteiger partial charge in [-0.3, -0.25) is 9.59 Å². The summed E-state index contributed by atoms with van der Waals surface area (Å²) >= 11 is 0. The number of alkyl halides is 3. The molecule has 0 radical (unpaired) electrons. The van der Waals surface area contributed by atoms with Gasteiger partial charge in [0, 0.05) is 16.9 Å². The van der Waals surface area contributed by atoms with E-state index in [1.165, 1.54) is 24.3 Å². The number of hydrogen-bond donors (Lipinski definition) is 2. The molecule has 2 aromatic carbocycles. The summed E-state index contributed by atoms with van der Waals surface area (Å²) in [6.45, 7) is 0. The molecule has 0 unspecified atom stereocenters. The first-order chi connectivity index (χ1) is 10.9. The van der Waals surface area contributed by atoms with Crippen molar-refractivity contribution in [3.05, 3.63) is 54.1 Å². The average Bonchev–Trinajstić information content (AvgIpc) is 2.48. The Kier molecular flexibility index (Phi) is 4.85. The molecule has 0 saturated heterocycles. The van der Waals surface area contributed by atoms with Crippen LogP contribution in [-0.2, 0) is 4.79 Å². The van der Waals surface area contributed by atoms with Crippen LogP contribution in [-0.4, -0.2) is 18.7 Å². The molecule has 0 spiro atoms. The molecular weight excluding hydrogens is 313 g/mol. The van der Waals surface area contributed by atoms with Crippen LogP contribution in [0.2, 0.25) is 0 Å². The fourth-order valence-electron chi connectivity index (χ4n) is 1.76. The lowest BCUT2D eigenvalue weighted by atomic mass is 10.2. The van der Waals surface area contributed by atoms with Gasteiger partial charge in [0.15, 0.2) is 0 Å². The van der Waals surface area contributed by atoms with Crippen LogP contribution in [0.25, 0.3) is 0 Å². The summed E-state index contributed by atoms with van der Waals surface area (Å²) in [5.74, 6) is -0.850. The molecule has 0 heterocycles. The van der Waals surface area contributed by atoms with Crippen LogP contribution in [0.4, 0.5) is 24.5 Å². The predicted octanol–water partition coefficient (Wildman–Crippen LogP) is 3.41. The standard InChI is InChI=1S/C15H11F3N2O3/c16-15(17,18)23-13-6-4-11(5-7-13)20-14(22)10-2-1-3-12(8-10)19-9-21/h1-9H,(H,19,21)(H,20,22). The van der Waals surface area contributed by atoms with Crippen LogP contribution in [0.3, 0.4) is 0 Å². The van der Waals surface area contributed by atoms with Gasteiger partial charge in [0.1, 0.15) is 5.75 Å². The summed E-state index contributed by atoms with van der Waals surface area (Å²) in [7, 11) is 0. The van der Waals surface area contributed by atoms with Crippen LogP contribution >= 0.6 is 0 Å². The van der Waals surface area contributed by atoms with Gasteiger partial charge in [-0.15, -0.1) is 13.2 Å². The molecule has 0 aliphatic heterocycles. The third kappa shape index (κ3) is 5.03. The molecule has 0 aromatic heterocycles. The van der Waals surface area contributed by atoms with Crippen molar-refractivity contribution in [3.8, 4) is 5.75 Å². The Morgan fingerprint density at radius 3 is 2.35 bits per heavy atom. The Bertz CT molecular complexity index is 700. The smallest absolute Gasteiger partial charge is 0.406 e. The summed E-state index contributed by atoms with van der Waals surface area (Å²) in [6.07, 6.45) is -4.28. The van der Waals surface area contributed by atoms with Crippen LogP contribution in [0.5, 0.6) is 5.75 Å². The predicted molar refractivity (Wildman–Crippen MR) is 77.2 cm³/mol. The summed E-state index contributed by atoms with van der Waals surface area (Å²) in [4.78, 5) is 22.4. The Morgan fingerprint density at radius 2 is 1.74 bits per heavy atom. The number of carbonyl (C=O) groups is 2. The fourth-order valence-corrected chi connectivity index (χ4v) is 1.76. The highest BCUT2D eigenvalue weighted by Crippen LogP contribution is 2.24. The maximum absolute atomic E-state index is 12.1. The van der Waals surface area contributed by atoms with Crippen LogP contribution in [0.1, 0.15) is 10.4 Å². The Labute approximate surface area is 129 Å². The molecule has 0 aliphatic carbocycles. The normalized spacial score (nSPS) is 10.7. The lowest BCUT2D eigenvalue weighted by Crippen LogP contribution is -2.17. The van der Waals surface area contributed by atoms with Crippen molar-refractivity contribution in [2.75, 3.05) is 10.6 Å². The molecular formula is C15H11F3N2O3. The van der Waals surface area contributed by atoms with Gasteiger partial charge >= 0.3 is 6.36 Å². The van der Waals surface area contributed by atoms with E-state index in [1.54, 1.807) is 12.1 Å². The number of benzene rings is 2. The van der Waals surface area contributed by atoms with Crippen LogP contribution in [0, 0.1) is 0 Å². The number of nitrogens with one attached hydrogen (secondary N) is 2. The largest absolute Gasteiger partial charge is 0.573 e. The monoisotopic (exact) mass is 324 g/mol. The van der Waals surface area contributed by atoms with Crippen molar-refractivity contribution in [1.29, 1.82) is 0 Å². The molecule has 0 saturated carbocycles. The van der Waals surface area contributed by atoms with Gasteiger partial charge in [0.2, 0.25) is 6.41 Å². The topological polar surface area (TPSA) is 67.4 Å². The Balaban J connectivity index is 2.05. The van der Waals surface area contributed by atoms with E-state index >= 15 is 0 Å². The van der Waals surface area contributed by atoms with Gasteiger partial charge in [-0.2, -0.15) is 0 Å². The van der Waals surface area contributed by atoms with E-state index in [0.717, 1.165) is 12.1 Å². The maximum atomic E-state index is 12.1. The minimum atomic E-state index is -4.77. The molecule has 2 amide bonds. The number of halogens is 3. The lowest BCUT2D eigenvalue weighted by Gasteiger charge is -2.10. The molecule has 2 rings (SSSR count). The molecule has 0 aliphatic rings. The van der Waals surface area contributed by atoms with E-state index in [1.807, 2.05) is 0 Å². The molecule has 23 heavy (non-hydrogen) atoms. The van der Waals surface area contributed by atoms with Crippen LogP contribution in [0.15, 0.2) is 48.5 Å². The second kappa shape index (κ2) is 6.82. The summed E-state index contributed by atoms with van der Waals surface area (Å²) in [6, 6.07) is 10.9. The van der Waals surface area contributed by atoms with E-state index in [-0.39, 0.29) is 11.3 Å². The van der Waals surface area contributed by atoms with Gasteiger partial charge in [-0.05, 0) is 42.5 Å². The first-order valence-corrected chi connectivity index (χ1v) is 6.35. The minimum Gasteiger partial charge on any atom is -0.406 e. The van der Waals surface area contributed by atoms with E-state index in [4.69, 9.17) is 0 Å². The number of anilines is 2. The third-order valence-corrected chi connectivity index (χ3v) is 2.70. The number of amides is 2. The number of carbonyl (C=O) groups excluding carboxylic acids is 2. The molecule has 5 nitrogen and oxygen atoms in total. The zero-order valence-electron chi connectivity index (χ0n) is 11.6. The molecule has 8 heteroatoms. The number of hydrogen-bond acceptors (Lipinski definition) is 3. The van der Waals surface area contributed by atoms with E-state index in [0.29, 0.717) is 17.8 Å². The highest BCUT2D eigenvalue weighted by Gasteiger charge is 2.30. The third-order valence-electron chi connectivity index (χ3n) is 2.70. The van der Waals surface area contributed by atoms with Crippen molar-refractivity contribution in [1.82, 2.24) is 0 Å². The SMILES string of the molecule is O=CNc1cccc(C(=O)Nc2ccc(OC(F)(F)F)cc2)c1. The Morgan fingerprint density at radius 1 is 1.04 bits per heavy atom. The lowest BCUT2D eigenvalue weighted by molar-refractivity contribution is -0.274. The highest BCUT2D eigenvalue weighted by molar-refractivity contribution is 6.05. The first kappa shape index (κ1) is 16.3. The zero-order chi connectivity index (χ0) is 16.9. The van der Waals surface area contributed by atoms with E-state index in [2.05, 4.69) is 15.4 Å². The minimum absolute atomic E-state index is 0.285. The second-order valence-electron chi connectivity index (χ2n) is 4.37. The van der Waals surface area contributed by atoms with Gasteiger partial charge in [0.05, 0.1) is 0 Å². The maximum Gasteiger partial charge on any atom is 0.573 e. The van der Waals surface area contributed by atoms with Crippen LogP contribution < -0.4 is 15.4 Å². The van der Waals surface area contributed by atoms with Gasteiger partial charge < -0.3 is 15.4 Å². The van der Waals surface area contributed by atoms with Crippen molar-refractivity contribution in [2.45, 2.75) is 6.36 Å². The van der Waals surface area contributed by atoms with Gasteiger partial charge in [-0.1, -0.05) is 6.07 Å². The molecule has 2 N–H and O–H groups in total. The van der Waals surface area contributed by atoms with Gasteiger partial charge in [-0.25, -0.2) is 0 Å². The highest BCUT2D eigenvalue weighted by atomic mass is 19.4. The molecule has 0 bridgehead atoms. The summed E-state index contributed by atoms with van der Waals surface area (Å²) in [5, 5.41) is 4.94. The fraction of sp³-hybridized carbons (Fsp3) is 0.0667. The van der Waals surface area contributed by atoms with Crippen molar-refractivity contribution in [3.63, 3.8) is 0 Å². The average molecular weight is 324 g/mol. The molecule has 120 valence electrons. The van der Waals surface area contributed by atoms with E-state index in [9.17, 15) is 22.8 Å². The molecule has 2 aromatic rings.